The van der Waals surface area contributed by atoms with E-state index in [2.05, 4.69) is 16.0 Å². The van der Waals surface area contributed by atoms with Crippen molar-refractivity contribution in [2.75, 3.05) is 0 Å². The highest BCUT2D eigenvalue weighted by Gasteiger charge is 2.56. The molecule has 1 fully saturated rings. The summed E-state index contributed by atoms with van der Waals surface area (Å²) in [7, 11) is 0. The average molecular weight is 798 g/mol. The summed E-state index contributed by atoms with van der Waals surface area (Å²) < 4.78 is 39.6. The van der Waals surface area contributed by atoms with E-state index < -0.39 is 88.8 Å². The van der Waals surface area contributed by atoms with E-state index in [-0.39, 0.29) is 25.3 Å². The van der Waals surface area contributed by atoms with Crippen molar-refractivity contribution < 1.29 is 42.3 Å². The summed E-state index contributed by atoms with van der Waals surface area (Å²) in [5.41, 5.74) is 6.43. The molecule has 0 spiro atoms. The molecule has 1 saturated carbocycles. The van der Waals surface area contributed by atoms with Crippen LogP contribution in [0, 0.1) is 23.7 Å². The van der Waals surface area contributed by atoms with Crippen molar-refractivity contribution in [2.45, 2.75) is 136 Å². The van der Waals surface area contributed by atoms with Crippen LogP contribution >= 0.6 is 0 Å². The van der Waals surface area contributed by atoms with Gasteiger partial charge in [-0.2, -0.15) is 8.78 Å². The number of carbonyl (C=O) groups is 6. The Labute approximate surface area is 335 Å². The largest absolute Gasteiger partial charge is 0.444 e. The van der Waals surface area contributed by atoms with Crippen molar-refractivity contribution in [1.29, 1.82) is 0 Å². The third-order valence-corrected chi connectivity index (χ3v) is 10.1. The lowest BCUT2D eigenvalue weighted by molar-refractivity contribution is -0.161. The topological polar surface area (TPSA) is 186 Å². The predicted molar refractivity (Wildman–Crippen MR) is 213 cm³/mol. The minimum absolute atomic E-state index is 0.00226. The Hall–Kier alpha value is -4.72. The number of rotatable bonds is 19. The monoisotopic (exact) mass is 797 g/mol. The first-order valence-corrected chi connectivity index (χ1v) is 19.9. The molecule has 12 nitrogen and oxygen atoms in total. The van der Waals surface area contributed by atoms with E-state index in [1.54, 1.807) is 95.3 Å². The van der Waals surface area contributed by atoms with Crippen LogP contribution in [0.2, 0.25) is 0 Å². The lowest BCUT2D eigenvalue weighted by Gasteiger charge is -2.34. The normalized spacial score (nSPS) is 16.4. The first-order valence-electron chi connectivity index (χ1n) is 19.9. The minimum Gasteiger partial charge on any atom is -0.444 e. The van der Waals surface area contributed by atoms with Gasteiger partial charge in [0.15, 0.2) is 11.8 Å². The average Bonchev–Trinajstić information content (AvgIpc) is 3.15. The highest BCUT2D eigenvalue weighted by Crippen LogP contribution is 2.32. The maximum atomic E-state index is 17.1. The Kier molecular flexibility index (Phi) is 17.3. The maximum Gasteiger partial charge on any atom is 0.408 e. The van der Waals surface area contributed by atoms with Crippen molar-refractivity contribution in [2.24, 2.45) is 29.4 Å². The Morgan fingerprint density at radius 1 is 0.737 bits per heavy atom. The second-order valence-corrected chi connectivity index (χ2v) is 16.7. The van der Waals surface area contributed by atoms with Crippen LogP contribution in [-0.4, -0.2) is 71.1 Å². The molecule has 314 valence electrons. The van der Waals surface area contributed by atoms with E-state index in [1.165, 1.54) is 13.8 Å². The number of alkyl halides is 2. The Balaban J connectivity index is 2.04. The highest BCUT2D eigenvalue weighted by atomic mass is 19.3. The number of carbonyl (C=O) groups excluding carboxylic acids is 6. The smallest absolute Gasteiger partial charge is 0.408 e. The number of nitrogens with two attached hydrogens (primary N) is 1. The van der Waals surface area contributed by atoms with Gasteiger partial charge in [-0.1, -0.05) is 120 Å². The number of hydrogen-bond acceptors (Lipinski definition) is 8. The second-order valence-electron chi connectivity index (χ2n) is 16.7. The summed E-state index contributed by atoms with van der Waals surface area (Å²) in [4.78, 5) is 82.5. The van der Waals surface area contributed by atoms with Crippen LogP contribution in [0.25, 0.3) is 0 Å². The molecular weight excluding hydrogens is 736 g/mol. The molecule has 4 amide bonds. The number of ketones is 2. The maximum absolute atomic E-state index is 17.1. The molecule has 3 rings (SSSR count). The van der Waals surface area contributed by atoms with Crippen LogP contribution in [0.1, 0.15) is 98.1 Å². The number of benzene rings is 2. The van der Waals surface area contributed by atoms with Gasteiger partial charge in [0.1, 0.15) is 17.6 Å². The molecule has 0 aliphatic heterocycles. The molecule has 0 radical (unpaired) electrons. The molecule has 14 heteroatoms. The zero-order valence-electron chi connectivity index (χ0n) is 34.2. The number of Topliss-reactive ketones (excluding diaryl/α,β-unsaturated/α-hetero) is 2. The highest BCUT2D eigenvalue weighted by molar-refractivity contribution is 6.09. The third-order valence-electron chi connectivity index (χ3n) is 10.1. The molecule has 0 aromatic heterocycles. The Bertz CT molecular complexity index is 1660. The number of ether oxygens (including phenoxy) is 1. The second kappa shape index (κ2) is 21.2. The number of amides is 4. The molecule has 1 aliphatic carbocycles. The van der Waals surface area contributed by atoms with E-state index in [1.807, 2.05) is 5.32 Å². The Morgan fingerprint density at radius 2 is 1.30 bits per heavy atom. The van der Waals surface area contributed by atoms with Crippen LogP contribution in [0.15, 0.2) is 60.7 Å². The number of halogens is 2. The van der Waals surface area contributed by atoms with E-state index in [0.29, 0.717) is 24.0 Å². The number of hydrogen-bond donors (Lipinski definition) is 5. The zero-order valence-corrected chi connectivity index (χ0v) is 34.2. The molecule has 5 atom stereocenters. The quantitative estimate of drug-likeness (QED) is 0.117. The molecule has 0 heterocycles. The minimum atomic E-state index is -4.63. The fourth-order valence-corrected chi connectivity index (χ4v) is 6.86. The molecule has 2 aromatic rings. The van der Waals surface area contributed by atoms with Gasteiger partial charge in [0.2, 0.25) is 23.5 Å². The van der Waals surface area contributed by atoms with Gasteiger partial charge in [-0.05, 0) is 56.1 Å². The van der Waals surface area contributed by atoms with Crippen LogP contribution in [0.5, 0.6) is 0 Å². The van der Waals surface area contributed by atoms with Crippen LogP contribution in [-0.2, 0) is 41.7 Å². The van der Waals surface area contributed by atoms with Gasteiger partial charge < -0.3 is 31.7 Å². The summed E-state index contributed by atoms with van der Waals surface area (Å²) in [6.45, 7) is 11.1. The fraction of sp³-hybridized carbons (Fsp3) is 0.581. The van der Waals surface area contributed by atoms with Gasteiger partial charge >= 0.3 is 12.0 Å². The lowest BCUT2D eigenvalue weighted by atomic mass is 9.80. The summed E-state index contributed by atoms with van der Waals surface area (Å²) in [6.07, 6.45) is 2.58. The van der Waals surface area contributed by atoms with Crippen LogP contribution in [0.3, 0.4) is 0 Å². The third kappa shape index (κ3) is 14.3. The van der Waals surface area contributed by atoms with E-state index in [9.17, 15) is 28.8 Å². The van der Waals surface area contributed by atoms with Crippen LogP contribution < -0.4 is 27.0 Å². The molecule has 2 aromatic carbocycles. The molecule has 6 N–H and O–H groups in total. The molecule has 57 heavy (non-hydrogen) atoms. The van der Waals surface area contributed by atoms with E-state index in [0.717, 1.165) is 19.3 Å². The standard InChI is InChI=1S/C43H61F2N5O7/c1-26(2)33(39(54)47-25-30-21-15-10-16-22-30)35(51)36(50-40(55)34(46)27(3)4)43(44,45)37(52)31(23-28-17-11-8-12-18-28)48-38(53)32(24-29-19-13-9-14-20-29)49-41(56)57-42(5,6)7/h9-10,13-16,19-22,26-28,31-34,36H,8,11-12,17-18,23-25,46H2,1-7H3,(H,47,54)(H,48,53)(H,49,56)(H,50,55)/t31?,32-,33?,34-,36?/m0/s1. The van der Waals surface area contributed by atoms with Crippen molar-refractivity contribution in [3.8, 4) is 0 Å². The van der Waals surface area contributed by atoms with Crippen molar-refractivity contribution in [3.63, 3.8) is 0 Å². The first-order chi connectivity index (χ1) is 26.7. The van der Waals surface area contributed by atoms with E-state index >= 15 is 8.78 Å². The molecule has 1 aliphatic rings. The molecule has 0 saturated heterocycles. The first kappa shape index (κ1) is 46.7. The predicted octanol–water partition coefficient (Wildman–Crippen LogP) is 5.41. The van der Waals surface area contributed by atoms with Crippen LogP contribution in [0.4, 0.5) is 13.6 Å². The molecular formula is C43H61F2N5O7. The van der Waals surface area contributed by atoms with Gasteiger partial charge in [0, 0.05) is 13.0 Å². The van der Waals surface area contributed by atoms with Gasteiger partial charge in [-0.15, -0.1) is 0 Å². The molecule has 3 unspecified atom stereocenters. The molecule has 0 bridgehead atoms. The summed E-state index contributed by atoms with van der Waals surface area (Å²) in [6, 6.07) is 10.1. The Morgan fingerprint density at radius 3 is 1.82 bits per heavy atom. The van der Waals surface area contributed by atoms with Gasteiger partial charge in [0.25, 0.3) is 0 Å². The lowest BCUT2D eigenvalue weighted by Crippen LogP contribution is -2.65. The van der Waals surface area contributed by atoms with Gasteiger partial charge in [-0.25, -0.2) is 4.79 Å². The van der Waals surface area contributed by atoms with Crippen molar-refractivity contribution in [3.05, 3.63) is 71.8 Å². The number of nitrogens with one attached hydrogen (secondary N) is 4. The zero-order chi connectivity index (χ0) is 42.5. The summed E-state index contributed by atoms with van der Waals surface area (Å²) >= 11 is 0. The SMILES string of the molecule is CC(C)C(C(=O)NCc1ccccc1)C(=O)C(NC(=O)[C@@H](N)C(C)C)C(F)(F)C(=O)C(CC1CCCCC1)NC(=O)[C@H](Cc1ccccc1)NC(=O)OC(C)(C)C. The van der Waals surface area contributed by atoms with E-state index in [4.69, 9.17) is 10.5 Å². The van der Waals surface area contributed by atoms with Crippen molar-refractivity contribution in [1.82, 2.24) is 21.3 Å². The fourth-order valence-electron chi connectivity index (χ4n) is 6.86. The number of alkyl carbamates (subject to hydrolysis) is 1. The summed E-state index contributed by atoms with van der Waals surface area (Å²) in [5.74, 6) is -14.0. The van der Waals surface area contributed by atoms with Gasteiger partial charge in [-0.3, -0.25) is 24.0 Å². The van der Waals surface area contributed by atoms with Crippen molar-refractivity contribution >= 4 is 35.4 Å². The summed E-state index contributed by atoms with van der Waals surface area (Å²) in [5, 5.41) is 9.69. The van der Waals surface area contributed by atoms with Gasteiger partial charge in [0.05, 0.1) is 12.1 Å².